The van der Waals surface area contributed by atoms with Crippen LogP contribution in [0.25, 0.3) is 0 Å². The number of carbonyl (C=O) groups excluding carboxylic acids is 2. The molecule has 4 saturated carbocycles. The van der Waals surface area contributed by atoms with Crippen LogP contribution >= 0.6 is 0 Å². The summed E-state index contributed by atoms with van der Waals surface area (Å²) in [6.07, 6.45) is 6.79. The van der Waals surface area contributed by atoms with Crippen LogP contribution in [0.5, 0.6) is 0 Å². The Bertz CT molecular complexity index is 635. The summed E-state index contributed by atoms with van der Waals surface area (Å²) in [6, 6.07) is 7.09. The molecule has 0 atom stereocenters. The van der Waals surface area contributed by atoms with Crippen molar-refractivity contribution in [3.05, 3.63) is 29.8 Å². The van der Waals surface area contributed by atoms with Gasteiger partial charge in [0, 0.05) is 5.54 Å². The number of para-hydroxylation sites is 1. The normalized spacial score (nSPS) is 33.1. The lowest BCUT2D eigenvalue weighted by molar-refractivity contribution is -0.0166. The Labute approximate surface area is 142 Å². The summed E-state index contributed by atoms with van der Waals surface area (Å²) < 4.78 is 4.64. The maximum absolute atomic E-state index is 12.9. The first-order valence-electron chi connectivity index (χ1n) is 8.83. The molecule has 4 aliphatic rings. The fourth-order valence-electron chi connectivity index (χ4n) is 5.52. The summed E-state index contributed by atoms with van der Waals surface area (Å²) in [5.41, 5.74) is 0.953. The van der Waals surface area contributed by atoms with Gasteiger partial charge in [0.25, 0.3) is 5.91 Å². The molecule has 0 aromatic heterocycles. The molecular weight excluding hydrogens is 304 g/mol. The highest BCUT2D eigenvalue weighted by atomic mass is 16.5. The van der Waals surface area contributed by atoms with E-state index in [4.69, 9.17) is 0 Å². The Morgan fingerprint density at radius 2 is 1.62 bits per heavy atom. The topological polar surface area (TPSA) is 67.4 Å². The van der Waals surface area contributed by atoms with Crippen molar-refractivity contribution in [3.63, 3.8) is 0 Å². The van der Waals surface area contributed by atoms with Crippen molar-refractivity contribution in [2.75, 3.05) is 12.4 Å². The van der Waals surface area contributed by atoms with Gasteiger partial charge in [0.1, 0.15) is 0 Å². The van der Waals surface area contributed by atoms with Crippen molar-refractivity contribution in [2.24, 2.45) is 17.8 Å². The third-order valence-electron chi connectivity index (χ3n) is 6.01. The van der Waals surface area contributed by atoms with E-state index in [1.165, 1.54) is 26.4 Å². The largest absolute Gasteiger partial charge is 0.453 e. The number of amides is 2. The number of methoxy groups -OCH3 is 1. The van der Waals surface area contributed by atoms with Crippen molar-refractivity contribution < 1.29 is 14.3 Å². The van der Waals surface area contributed by atoms with Gasteiger partial charge in [-0.1, -0.05) is 12.1 Å². The molecular formula is C19H24N2O3. The predicted octanol–water partition coefficient (Wildman–Crippen LogP) is 3.56. The van der Waals surface area contributed by atoms with Crippen LogP contribution in [0.15, 0.2) is 24.3 Å². The smallest absolute Gasteiger partial charge is 0.411 e. The molecule has 1 aromatic carbocycles. The fraction of sp³-hybridized carbons (Fsp3) is 0.579. The molecule has 4 fully saturated rings. The predicted molar refractivity (Wildman–Crippen MR) is 90.8 cm³/mol. The van der Waals surface area contributed by atoms with Crippen LogP contribution in [0.2, 0.25) is 0 Å². The lowest BCUT2D eigenvalue weighted by Gasteiger charge is -2.56. The van der Waals surface area contributed by atoms with Gasteiger partial charge in [-0.3, -0.25) is 10.1 Å². The molecule has 0 spiro atoms. The van der Waals surface area contributed by atoms with Gasteiger partial charge < -0.3 is 10.1 Å². The van der Waals surface area contributed by atoms with E-state index in [9.17, 15) is 9.59 Å². The Morgan fingerprint density at radius 3 is 2.21 bits per heavy atom. The highest BCUT2D eigenvalue weighted by Crippen LogP contribution is 2.55. The van der Waals surface area contributed by atoms with Gasteiger partial charge in [0.2, 0.25) is 0 Å². The molecule has 5 rings (SSSR count). The highest BCUT2D eigenvalue weighted by molar-refractivity contribution is 6.02. The van der Waals surface area contributed by atoms with E-state index >= 15 is 0 Å². The third kappa shape index (κ3) is 2.76. The number of rotatable bonds is 3. The lowest BCUT2D eigenvalue weighted by atomic mass is 9.53. The van der Waals surface area contributed by atoms with Crippen LogP contribution in [0.3, 0.4) is 0 Å². The monoisotopic (exact) mass is 328 g/mol. The van der Waals surface area contributed by atoms with Crippen LogP contribution in [0, 0.1) is 17.8 Å². The molecule has 4 aliphatic carbocycles. The average Bonchev–Trinajstić information content (AvgIpc) is 2.53. The van der Waals surface area contributed by atoms with Crippen LogP contribution in [0.4, 0.5) is 10.5 Å². The molecule has 128 valence electrons. The second-order valence-electron chi connectivity index (χ2n) is 7.81. The van der Waals surface area contributed by atoms with Crippen molar-refractivity contribution >= 4 is 17.7 Å². The van der Waals surface area contributed by atoms with Crippen LogP contribution < -0.4 is 10.6 Å². The van der Waals surface area contributed by atoms with Crippen LogP contribution in [-0.4, -0.2) is 24.6 Å². The molecule has 1 aromatic rings. The van der Waals surface area contributed by atoms with E-state index in [0.717, 1.165) is 37.0 Å². The summed E-state index contributed by atoms with van der Waals surface area (Å²) in [5, 5.41) is 5.97. The number of hydrogen-bond donors (Lipinski definition) is 2. The van der Waals surface area contributed by atoms with E-state index in [0.29, 0.717) is 11.3 Å². The molecule has 2 N–H and O–H groups in total. The summed E-state index contributed by atoms with van der Waals surface area (Å²) in [6.45, 7) is 0. The molecule has 0 heterocycles. The fourth-order valence-corrected chi connectivity index (χ4v) is 5.52. The van der Waals surface area contributed by atoms with Crippen molar-refractivity contribution in [1.82, 2.24) is 5.32 Å². The first-order valence-corrected chi connectivity index (χ1v) is 8.83. The number of hydrogen-bond acceptors (Lipinski definition) is 3. The molecule has 4 bridgehead atoms. The number of ether oxygens (including phenoxy) is 1. The summed E-state index contributed by atoms with van der Waals surface area (Å²) >= 11 is 0. The second-order valence-corrected chi connectivity index (χ2v) is 7.81. The van der Waals surface area contributed by atoms with Gasteiger partial charge in [-0.25, -0.2) is 4.79 Å². The van der Waals surface area contributed by atoms with Crippen molar-refractivity contribution in [3.8, 4) is 0 Å². The van der Waals surface area contributed by atoms with Crippen molar-refractivity contribution in [2.45, 2.75) is 44.1 Å². The Hall–Kier alpha value is -2.04. The molecule has 2 amide bonds. The lowest BCUT2D eigenvalue weighted by Crippen LogP contribution is -2.59. The molecule has 0 saturated heterocycles. The Kier molecular flexibility index (Phi) is 3.74. The molecule has 0 unspecified atom stereocenters. The van der Waals surface area contributed by atoms with Gasteiger partial charge in [0.15, 0.2) is 0 Å². The van der Waals surface area contributed by atoms with Gasteiger partial charge >= 0.3 is 6.09 Å². The van der Waals surface area contributed by atoms with E-state index in [1.807, 2.05) is 6.07 Å². The second kappa shape index (κ2) is 5.80. The first kappa shape index (κ1) is 15.5. The minimum Gasteiger partial charge on any atom is -0.453 e. The quantitative estimate of drug-likeness (QED) is 0.891. The van der Waals surface area contributed by atoms with E-state index in [-0.39, 0.29) is 11.4 Å². The summed E-state index contributed by atoms with van der Waals surface area (Å²) in [7, 11) is 1.31. The maximum atomic E-state index is 12.9. The summed E-state index contributed by atoms with van der Waals surface area (Å²) in [4.78, 5) is 24.4. The van der Waals surface area contributed by atoms with Crippen LogP contribution in [0.1, 0.15) is 48.9 Å². The SMILES string of the molecule is COC(=O)Nc1ccccc1C(=O)NC12CC3CC(CC(C3)C1)C2. The average molecular weight is 328 g/mol. The highest BCUT2D eigenvalue weighted by Gasteiger charge is 2.51. The van der Waals surface area contributed by atoms with Gasteiger partial charge in [-0.15, -0.1) is 0 Å². The van der Waals surface area contributed by atoms with Gasteiger partial charge in [-0.2, -0.15) is 0 Å². The number of benzene rings is 1. The zero-order chi connectivity index (χ0) is 16.7. The zero-order valence-corrected chi connectivity index (χ0v) is 14.0. The number of carbonyl (C=O) groups is 2. The third-order valence-corrected chi connectivity index (χ3v) is 6.01. The summed E-state index contributed by atoms with van der Waals surface area (Å²) in [5.74, 6) is 2.24. The number of nitrogens with one attached hydrogen (secondary N) is 2. The van der Waals surface area contributed by atoms with E-state index < -0.39 is 6.09 Å². The number of anilines is 1. The van der Waals surface area contributed by atoms with E-state index in [1.54, 1.807) is 18.2 Å². The van der Waals surface area contributed by atoms with E-state index in [2.05, 4.69) is 15.4 Å². The molecule has 0 aliphatic heterocycles. The van der Waals surface area contributed by atoms with Gasteiger partial charge in [0.05, 0.1) is 18.4 Å². The molecule has 24 heavy (non-hydrogen) atoms. The first-order chi connectivity index (χ1) is 11.6. The zero-order valence-electron chi connectivity index (χ0n) is 14.0. The molecule has 5 heteroatoms. The standard InChI is InChI=1S/C19H24N2O3/c1-24-18(23)20-16-5-3-2-4-15(16)17(22)21-19-9-12-6-13(10-19)8-14(7-12)11-19/h2-5,12-14H,6-11H2,1H3,(H,20,23)(H,21,22). The molecule has 0 radical (unpaired) electrons. The minimum absolute atomic E-state index is 0.0375. The molecule has 5 nitrogen and oxygen atoms in total. The maximum Gasteiger partial charge on any atom is 0.411 e. The van der Waals surface area contributed by atoms with Crippen LogP contribution in [-0.2, 0) is 4.74 Å². The van der Waals surface area contributed by atoms with Crippen molar-refractivity contribution in [1.29, 1.82) is 0 Å². The Balaban J connectivity index is 1.54. The Morgan fingerprint density at radius 1 is 1.04 bits per heavy atom. The van der Waals surface area contributed by atoms with Gasteiger partial charge in [-0.05, 0) is 68.4 Å². The minimum atomic E-state index is -0.565.